The molecule has 9 nitrogen and oxygen atoms in total. The zero-order valence-electron chi connectivity index (χ0n) is 15.4. The van der Waals surface area contributed by atoms with Crippen LogP contribution in [-0.4, -0.2) is 36.0 Å². The van der Waals surface area contributed by atoms with Crippen LogP contribution in [0.25, 0.3) is 0 Å². The average Bonchev–Trinajstić information content (AvgIpc) is 2.62. The van der Waals surface area contributed by atoms with Gasteiger partial charge in [0.2, 0.25) is 17.8 Å². The highest BCUT2D eigenvalue weighted by molar-refractivity contribution is 5.90. The molecule has 0 saturated heterocycles. The smallest absolute Gasteiger partial charge is 0.231 e. The van der Waals surface area contributed by atoms with E-state index in [0.29, 0.717) is 29.0 Å². The summed E-state index contributed by atoms with van der Waals surface area (Å²) in [6, 6.07) is 5.47. The first-order valence-corrected chi connectivity index (χ1v) is 7.94. The Balaban J connectivity index is 2.45. The maximum atomic E-state index is 11.5. The van der Waals surface area contributed by atoms with Crippen molar-refractivity contribution in [1.82, 2.24) is 9.97 Å². The highest BCUT2D eigenvalue weighted by Gasteiger charge is 2.15. The lowest BCUT2D eigenvalue weighted by Crippen LogP contribution is -2.15. The molecular weight excluding hydrogens is 351 g/mol. The number of nitrogens with one attached hydrogen (secondary N) is 2. The largest absolute Gasteiger partial charge is 0.495 e. The number of hydrogen-bond donors (Lipinski definition) is 2. The SMILES string of the molecule is COc1cc(Cc2cnc(NC(C)=O)nc2NC(C)=O)cc(OC)c1[13C]#N. The summed E-state index contributed by atoms with van der Waals surface area (Å²) >= 11 is 0. The Bertz CT molecular complexity index is 895. The van der Waals surface area contributed by atoms with Crippen molar-refractivity contribution in [2.45, 2.75) is 20.3 Å². The Morgan fingerprint density at radius 1 is 1.11 bits per heavy atom. The molecule has 2 amide bonds. The second-order valence-corrected chi connectivity index (χ2v) is 5.59. The zero-order chi connectivity index (χ0) is 20.0. The summed E-state index contributed by atoms with van der Waals surface area (Å²) < 4.78 is 10.5. The van der Waals surface area contributed by atoms with Crippen molar-refractivity contribution in [2.24, 2.45) is 0 Å². The fraction of sp³-hybridized carbons (Fsp3) is 0.278. The van der Waals surface area contributed by atoms with Crippen LogP contribution >= 0.6 is 0 Å². The van der Waals surface area contributed by atoms with E-state index < -0.39 is 0 Å². The number of carbonyl (C=O) groups is 2. The van der Waals surface area contributed by atoms with E-state index in [9.17, 15) is 14.9 Å². The van der Waals surface area contributed by atoms with Crippen LogP contribution in [0.3, 0.4) is 0 Å². The third-order valence-electron chi connectivity index (χ3n) is 3.52. The molecule has 0 saturated carbocycles. The van der Waals surface area contributed by atoms with E-state index in [-0.39, 0.29) is 23.6 Å². The monoisotopic (exact) mass is 370 g/mol. The maximum absolute atomic E-state index is 11.5. The maximum Gasteiger partial charge on any atom is 0.231 e. The van der Waals surface area contributed by atoms with Gasteiger partial charge in [-0.25, -0.2) is 4.98 Å². The lowest BCUT2D eigenvalue weighted by Gasteiger charge is -2.13. The highest BCUT2D eigenvalue weighted by Crippen LogP contribution is 2.31. The van der Waals surface area contributed by atoms with Crippen molar-refractivity contribution in [3.8, 4) is 17.6 Å². The molecular formula is C18H19N5O4. The van der Waals surface area contributed by atoms with Crippen molar-refractivity contribution < 1.29 is 19.1 Å². The minimum absolute atomic E-state index is 0.0880. The van der Waals surface area contributed by atoms with E-state index in [1.165, 1.54) is 34.3 Å². The molecule has 0 bridgehead atoms. The number of rotatable bonds is 6. The summed E-state index contributed by atoms with van der Waals surface area (Å²) in [5.74, 6) is 0.498. The van der Waals surface area contributed by atoms with Gasteiger partial charge >= 0.3 is 0 Å². The van der Waals surface area contributed by atoms with Gasteiger partial charge in [0.05, 0.1) is 14.2 Å². The number of nitrogens with zero attached hydrogens (tertiary/aromatic N) is 3. The predicted molar refractivity (Wildman–Crippen MR) is 97.7 cm³/mol. The van der Waals surface area contributed by atoms with Gasteiger partial charge in [-0.15, -0.1) is 0 Å². The molecule has 0 spiro atoms. The van der Waals surface area contributed by atoms with Crippen LogP contribution < -0.4 is 20.1 Å². The average molecular weight is 370 g/mol. The third kappa shape index (κ3) is 4.92. The number of hydrogen-bond acceptors (Lipinski definition) is 7. The second-order valence-electron chi connectivity index (χ2n) is 5.59. The summed E-state index contributed by atoms with van der Waals surface area (Å²) in [5.41, 5.74) is 1.68. The van der Waals surface area contributed by atoms with Gasteiger partial charge in [-0.3, -0.25) is 14.9 Å². The number of benzene rings is 1. The fourth-order valence-electron chi connectivity index (χ4n) is 2.43. The van der Waals surface area contributed by atoms with Gasteiger partial charge in [0.15, 0.2) is 0 Å². The van der Waals surface area contributed by atoms with E-state index in [1.54, 1.807) is 12.1 Å². The number of carbonyl (C=O) groups excluding carboxylic acids is 2. The van der Waals surface area contributed by atoms with Crippen LogP contribution in [0.15, 0.2) is 18.3 Å². The molecule has 0 aliphatic carbocycles. The van der Waals surface area contributed by atoms with E-state index in [1.807, 2.05) is 6.07 Å². The van der Waals surface area contributed by atoms with Gasteiger partial charge in [-0.2, -0.15) is 10.2 Å². The number of aromatic nitrogens is 2. The fourth-order valence-corrected chi connectivity index (χ4v) is 2.43. The number of methoxy groups -OCH3 is 2. The van der Waals surface area contributed by atoms with Gasteiger partial charge in [0, 0.05) is 32.0 Å². The van der Waals surface area contributed by atoms with Crippen molar-refractivity contribution in [3.63, 3.8) is 0 Å². The van der Waals surface area contributed by atoms with E-state index in [0.717, 1.165) is 5.56 Å². The second kappa shape index (κ2) is 8.62. The summed E-state index contributed by atoms with van der Waals surface area (Å²) in [7, 11) is 2.93. The first-order chi connectivity index (χ1) is 12.9. The molecule has 27 heavy (non-hydrogen) atoms. The molecule has 140 valence electrons. The quantitative estimate of drug-likeness (QED) is 0.743. The summed E-state index contributed by atoms with van der Waals surface area (Å²) in [6.07, 6.45) is 1.86. The molecule has 0 aliphatic rings. The summed E-state index contributed by atoms with van der Waals surface area (Å²) in [4.78, 5) is 31.0. The Morgan fingerprint density at radius 2 is 1.70 bits per heavy atom. The summed E-state index contributed by atoms with van der Waals surface area (Å²) in [5, 5.41) is 14.4. The van der Waals surface area contributed by atoms with Crippen LogP contribution in [0.4, 0.5) is 11.8 Å². The van der Waals surface area contributed by atoms with Crippen molar-refractivity contribution in [3.05, 3.63) is 35.0 Å². The minimum Gasteiger partial charge on any atom is -0.495 e. The molecule has 0 atom stereocenters. The minimum atomic E-state index is -0.321. The molecule has 2 N–H and O–H groups in total. The normalized spacial score (nSPS) is 9.89. The molecule has 0 unspecified atom stereocenters. The predicted octanol–water partition coefficient (Wildman–Crippen LogP) is 1.87. The molecule has 1 aromatic heterocycles. The topological polar surface area (TPSA) is 126 Å². The van der Waals surface area contributed by atoms with Crippen LogP contribution in [0.2, 0.25) is 0 Å². The van der Waals surface area contributed by atoms with Crippen LogP contribution in [0.5, 0.6) is 11.5 Å². The van der Waals surface area contributed by atoms with Crippen LogP contribution in [0.1, 0.15) is 30.5 Å². The molecule has 9 heteroatoms. The Kier molecular flexibility index (Phi) is 6.27. The molecule has 0 fully saturated rings. The number of ether oxygens (including phenoxy) is 2. The third-order valence-corrected chi connectivity index (χ3v) is 3.52. The molecule has 0 aliphatic heterocycles. The number of nitriles is 1. The number of amides is 2. The van der Waals surface area contributed by atoms with Crippen LogP contribution in [-0.2, 0) is 16.0 Å². The van der Waals surface area contributed by atoms with Gasteiger partial charge < -0.3 is 14.8 Å². The van der Waals surface area contributed by atoms with Crippen molar-refractivity contribution in [1.29, 1.82) is 5.26 Å². The Hall–Kier alpha value is -3.67. The highest BCUT2D eigenvalue weighted by atomic mass is 16.5. The molecule has 1 heterocycles. The van der Waals surface area contributed by atoms with E-state index in [2.05, 4.69) is 20.6 Å². The number of anilines is 2. The lowest BCUT2D eigenvalue weighted by atomic mass is 10.0. The van der Waals surface area contributed by atoms with Gasteiger partial charge in [0.25, 0.3) is 0 Å². The summed E-state index contributed by atoms with van der Waals surface area (Å²) in [6.45, 7) is 2.70. The standard InChI is InChI=1S/C18H19N5O4/c1-10(24)21-17-13(9-20-18(23-17)22-11(2)25)5-12-6-15(26-3)14(8-19)16(7-12)27-4/h6-7,9H,5H2,1-4H3,(H2,20,21,22,23,24,25)/i8+1. The molecule has 1 aromatic carbocycles. The zero-order valence-corrected chi connectivity index (χ0v) is 15.4. The van der Waals surface area contributed by atoms with Gasteiger partial charge in [-0.05, 0) is 17.7 Å². The lowest BCUT2D eigenvalue weighted by molar-refractivity contribution is -0.115. The van der Waals surface area contributed by atoms with Crippen molar-refractivity contribution in [2.75, 3.05) is 24.9 Å². The first kappa shape index (κ1) is 19.7. The molecule has 2 aromatic rings. The molecule has 0 radical (unpaired) electrons. The Morgan fingerprint density at radius 3 is 2.19 bits per heavy atom. The van der Waals surface area contributed by atoms with E-state index >= 15 is 0 Å². The Labute approximate surface area is 156 Å². The van der Waals surface area contributed by atoms with Gasteiger partial charge in [0.1, 0.15) is 28.9 Å². The molecule has 2 rings (SSSR count). The first-order valence-electron chi connectivity index (χ1n) is 7.94. The van der Waals surface area contributed by atoms with Crippen LogP contribution in [0, 0.1) is 11.3 Å². The van der Waals surface area contributed by atoms with Crippen molar-refractivity contribution >= 4 is 23.6 Å². The van der Waals surface area contributed by atoms with E-state index in [4.69, 9.17) is 9.47 Å². The van der Waals surface area contributed by atoms with Gasteiger partial charge in [-0.1, -0.05) is 0 Å².